The van der Waals surface area contributed by atoms with E-state index in [2.05, 4.69) is 11.8 Å². The van der Waals surface area contributed by atoms with E-state index in [4.69, 9.17) is 4.74 Å². The molecule has 1 saturated heterocycles. The van der Waals surface area contributed by atoms with Gasteiger partial charge in [-0.3, -0.25) is 0 Å². The largest absolute Gasteiger partial charge is 0.497 e. The predicted molar refractivity (Wildman–Crippen MR) is 112 cm³/mol. The Morgan fingerprint density at radius 3 is 2.53 bits per heavy atom. The van der Waals surface area contributed by atoms with E-state index < -0.39 is 21.9 Å². The van der Waals surface area contributed by atoms with Crippen LogP contribution in [0.15, 0.2) is 48.5 Å². The van der Waals surface area contributed by atoms with Gasteiger partial charge in [0.05, 0.1) is 12.9 Å². The van der Waals surface area contributed by atoms with Crippen LogP contribution in [0.1, 0.15) is 29.9 Å². The van der Waals surface area contributed by atoms with Gasteiger partial charge in [0.1, 0.15) is 17.6 Å². The maximum atomic E-state index is 13.2. The van der Waals surface area contributed by atoms with Gasteiger partial charge in [-0.1, -0.05) is 30.0 Å². The van der Waals surface area contributed by atoms with Gasteiger partial charge in [0.15, 0.2) is 0 Å². The zero-order valence-corrected chi connectivity index (χ0v) is 17.5. The zero-order valence-electron chi connectivity index (χ0n) is 16.7. The van der Waals surface area contributed by atoms with Crippen LogP contribution in [-0.4, -0.2) is 49.9 Å². The Morgan fingerprint density at radius 1 is 1.23 bits per heavy atom. The molecule has 160 valence electrons. The van der Waals surface area contributed by atoms with Crippen molar-refractivity contribution in [3.8, 4) is 17.6 Å². The molecule has 6 nitrogen and oxygen atoms in total. The normalized spacial score (nSPS) is 16.5. The molecule has 0 aliphatic carbocycles. The minimum Gasteiger partial charge on any atom is -0.497 e. The second kappa shape index (κ2) is 10.0. The van der Waals surface area contributed by atoms with Crippen LogP contribution < -0.4 is 10.2 Å². The smallest absolute Gasteiger partial charge is 0.216 e. The van der Waals surface area contributed by atoms with Crippen molar-refractivity contribution in [2.75, 3.05) is 26.0 Å². The van der Waals surface area contributed by atoms with Gasteiger partial charge in [0.2, 0.25) is 10.0 Å². The first-order chi connectivity index (χ1) is 14.4. The third kappa shape index (κ3) is 5.80. The predicted octanol–water partition coefficient (Wildman–Crippen LogP) is 2.74. The molecule has 0 aromatic heterocycles. The molecule has 0 bridgehead atoms. The summed E-state index contributed by atoms with van der Waals surface area (Å²) < 4.78 is 45.4. The fourth-order valence-electron chi connectivity index (χ4n) is 3.51. The molecule has 1 fully saturated rings. The number of methoxy groups -OCH3 is 1. The molecule has 8 heteroatoms. The van der Waals surface area contributed by atoms with Gasteiger partial charge in [0, 0.05) is 18.7 Å². The van der Waals surface area contributed by atoms with E-state index >= 15 is 0 Å². The maximum Gasteiger partial charge on any atom is 0.216 e. The number of ether oxygens (including phenoxy) is 1. The van der Waals surface area contributed by atoms with E-state index in [1.807, 2.05) is 29.7 Å². The molecular weight excluding hydrogens is 407 g/mol. The number of benzene rings is 2. The average Bonchev–Trinajstić information content (AvgIpc) is 2.77. The SMILES string of the molecule is COc1ccc(C2CCN(S(=O)(=O)CC(C#Cc3cccc(F)c3)NO)CC2)cc1. The fourth-order valence-corrected chi connectivity index (χ4v) is 5.06. The summed E-state index contributed by atoms with van der Waals surface area (Å²) in [5.74, 6) is 5.65. The van der Waals surface area contributed by atoms with E-state index in [1.165, 1.54) is 28.1 Å². The Balaban J connectivity index is 1.60. The molecule has 1 heterocycles. The first-order valence-electron chi connectivity index (χ1n) is 9.70. The lowest BCUT2D eigenvalue weighted by Crippen LogP contribution is -2.43. The third-order valence-electron chi connectivity index (χ3n) is 5.18. The highest BCUT2D eigenvalue weighted by molar-refractivity contribution is 7.89. The van der Waals surface area contributed by atoms with E-state index in [9.17, 15) is 18.0 Å². The van der Waals surface area contributed by atoms with Crippen LogP contribution in [-0.2, 0) is 10.0 Å². The van der Waals surface area contributed by atoms with E-state index in [0.717, 1.165) is 18.6 Å². The Morgan fingerprint density at radius 2 is 1.93 bits per heavy atom. The summed E-state index contributed by atoms with van der Waals surface area (Å²) in [5.41, 5.74) is 3.52. The summed E-state index contributed by atoms with van der Waals surface area (Å²) in [7, 11) is -1.99. The van der Waals surface area contributed by atoms with Gasteiger partial charge in [0.25, 0.3) is 0 Å². The molecule has 0 saturated carbocycles. The minimum atomic E-state index is -3.61. The molecule has 2 aromatic carbocycles. The molecule has 0 spiro atoms. The van der Waals surface area contributed by atoms with Crippen molar-refractivity contribution in [1.82, 2.24) is 9.79 Å². The summed E-state index contributed by atoms with van der Waals surface area (Å²) >= 11 is 0. The fraction of sp³-hybridized carbons (Fsp3) is 0.364. The monoisotopic (exact) mass is 432 g/mol. The summed E-state index contributed by atoms with van der Waals surface area (Å²) in [6, 6.07) is 12.6. The molecule has 2 aromatic rings. The van der Waals surface area contributed by atoms with Crippen LogP contribution in [0.3, 0.4) is 0 Å². The molecule has 0 radical (unpaired) electrons. The number of nitrogens with zero attached hydrogens (tertiary/aromatic N) is 1. The van der Waals surface area contributed by atoms with Crippen molar-refractivity contribution >= 4 is 10.0 Å². The van der Waals surface area contributed by atoms with Gasteiger partial charge in [-0.15, -0.1) is 0 Å². The van der Waals surface area contributed by atoms with Crippen LogP contribution >= 0.6 is 0 Å². The van der Waals surface area contributed by atoms with Crippen LogP contribution in [0.5, 0.6) is 5.75 Å². The van der Waals surface area contributed by atoms with Gasteiger partial charge < -0.3 is 9.94 Å². The number of sulfonamides is 1. The Labute approximate surface area is 176 Å². The number of hydroxylamine groups is 1. The lowest BCUT2D eigenvalue weighted by atomic mass is 9.90. The van der Waals surface area contributed by atoms with Crippen LogP contribution in [0.4, 0.5) is 4.39 Å². The Bertz CT molecular complexity index is 1010. The molecule has 30 heavy (non-hydrogen) atoms. The number of nitrogens with one attached hydrogen (secondary N) is 1. The van der Waals surface area contributed by atoms with Crippen molar-refractivity contribution in [2.45, 2.75) is 24.8 Å². The van der Waals surface area contributed by atoms with Gasteiger partial charge in [-0.25, -0.2) is 17.1 Å². The topological polar surface area (TPSA) is 78.9 Å². The first-order valence-corrected chi connectivity index (χ1v) is 11.3. The van der Waals surface area contributed by atoms with Crippen LogP contribution in [0.25, 0.3) is 0 Å². The molecular formula is C22H25FN2O4S. The third-order valence-corrected chi connectivity index (χ3v) is 7.09. The average molecular weight is 433 g/mol. The van der Waals surface area contributed by atoms with Crippen LogP contribution in [0.2, 0.25) is 0 Å². The standard InChI is InChI=1S/C22H25FN2O4S/c1-29-22-9-6-18(7-10-22)19-11-13-25(14-12-19)30(27,28)16-21(24-26)8-5-17-3-2-4-20(23)15-17/h2-4,6-7,9-10,15,19,21,24,26H,11-14,16H2,1H3. The highest BCUT2D eigenvalue weighted by atomic mass is 32.2. The lowest BCUT2D eigenvalue weighted by Gasteiger charge is -2.32. The van der Waals surface area contributed by atoms with E-state index in [0.29, 0.717) is 24.6 Å². The van der Waals surface area contributed by atoms with Gasteiger partial charge in [-0.2, -0.15) is 5.48 Å². The van der Waals surface area contributed by atoms with Gasteiger partial charge in [-0.05, 0) is 54.7 Å². The molecule has 1 aliphatic heterocycles. The van der Waals surface area contributed by atoms with E-state index in [-0.39, 0.29) is 5.75 Å². The Hall–Kier alpha value is -2.44. The zero-order chi connectivity index (χ0) is 21.6. The maximum absolute atomic E-state index is 13.2. The van der Waals surface area contributed by atoms with Crippen molar-refractivity contribution in [1.29, 1.82) is 0 Å². The van der Waals surface area contributed by atoms with Crippen molar-refractivity contribution < 1.29 is 22.8 Å². The molecule has 1 aliphatic rings. The number of hydrogen-bond acceptors (Lipinski definition) is 5. The summed E-state index contributed by atoms with van der Waals surface area (Å²) in [4.78, 5) is 0. The van der Waals surface area contributed by atoms with Crippen molar-refractivity contribution in [2.24, 2.45) is 0 Å². The minimum absolute atomic E-state index is 0.293. The summed E-state index contributed by atoms with van der Waals surface area (Å²) in [6.45, 7) is 0.822. The highest BCUT2D eigenvalue weighted by Gasteiger charge is 2.30. The molecule has 1 atom stereocenters. The summed E-state index contributed by atoms with van der Waals surface area (Å²) in [6.07, 6.45) is 1.44. The first kappa shape index (κ1) is 22.2. The molecule has 2 N–H and O–H groups in total. The molecule has 1 unspecified atom stereocenters. The number of rotatable bonds is 6. The number of hydrogen-bond donors (Lipinski definition) is 2. The lowest BCUT2D eigenvalue weighted by molar-refractivity contribution is 0.152. The van der Waals surface area contributed by atoms with Crippen LogP contribution in [0, 0.1) is 17.7 Å². The van der Waals surface area contributed by atoms with E-state index in [1.54, 1.807) is 13.2 Å². The number of piperidine rings is 1. The van der Waals surface area contributed by atoms with Gasteiger partial charge >= 0.3 is 0 Å². The molecule has 0 amide bonds. The van der Waals surface area contributed by atoms with Crippen molar-refractivity contribution in [3.63, 3.8) is 0 Å². The second-order valence-electron chi connectivity index (χ2n) is 7.19. The van der Waals surface area contributed by atoms with Crippen molar-refractivity contribution in [3.05, 3.63) is 65.5 Å². The number of halogens is 1. The quantitative estimate of drug-likeness (QED) is 0.542. The molecule has 3 rings (SSSR count). The Kier molecular flexibility index (Phi) is 7.45. The highest BCUT2D eigenvalue weighted by Crippen LogP contribution is 2.30. The summed E-state index contributed by atoms with van der Waals surface area (Å²) in [5, 5.41) is 9.33. The second-order valence-corrected chi connectivity index (χ2v) is 9.20.